The van der Waals surface area contributed by atoms with Crippen molar-refractivity contribution in [1.82, 2.24) is 4.57 Å². The van der Waals surface area contributed by atoms with Gasteiger partial charge in [-0.15, -0.1) is 0 Å². The highest BCUT2D eigenvalue weighted by atomic mass is 15.2. The first-order valence-electron chi connectivity index (χ1n) is 18.5. The molecule has 0 aliphatic heterocycles. The molecule has 254 valence electrons. The van der Waals surface area contributed by atoms with E-state index in [-0.39, 0.29) is 0 Å². The first-order valence-corrected chi connectivity index (χ1v) is 18.5. The van der Waals surface area contributed by atoms with Gasteiger partial charge in [0.05, 0.1) is 28.1 Å². The lowest BCUT2D eigenvalue weighted by Gasteiger charge is -2.30. The first kappa shape index (κ1) is 31.6. The fraction of sp³-hybridized carbons (Fsp3) is 0. The van der Waals surface area contributed by atoms with Crippen molar-refractivity contribution in [1.29, 1.82) is 0 Å². The van der Waals surface area contributed by atoms with Crippen LogP contribution in [0, 0.1) is 0 Å². The second-order valence-corrected chi connectivity index (χ2v) is 13.7. The molecule has 0 saturated carbocycles. The molecule has 2 nitrogen and oxygen atoms in total. The molecule has 1 heterocycles. The minimum absolute atomic E-state index is 1.11. The van der Waals surface area contributed by atoms with Gasteiger partial charge >= 0.3 is 0 Å². The summed E-state index contributed by atoms with van der Waals surface area (Å²) in [5.41, 5.74) is 13.9. The number of hydrogen-bond acceptors (Lipinski definition) is 1. The third kappa shape index (κ3) is 5.44. The van der Waals surface area contributed by atoms with Crippen LogP contribution in [0.15, 0.2) is 218 Å². The Morgan fingerprint density at radius 1 is 0.315 bits per heavy atom. The van der Waals surface area contributed by atoms with Gasteiger partial charge in [-0.3, -0.25) is 0 Å². The molecule has 54 heavy (non-hydrogen) atoms. The third-order valence-electron chi connectivity index (χ3n) is 10.6. The van der Waals surface area contributed by atoms with Crippen molar-refractivity contribution in [2.75, 3.05) is 4.90 Å². The number of hydrogen-bond donors (Lipinski definition) is 0. The molecule has 0 atom stereocenters. The molecule has 0 saturated heterocycles. The molecule has 10 rings (SSSR count). The SMILES string of the molecule is c1ccc(-c2ccc(-c3ccccc3N(c3ccccc3-c3ccc4ccccc4c3)c3cccc4c3c3ccccc3n4-c3ccccc3)cc2)cc1. The van der Waals surface area contributed by atoms with Crippen LogP contribution in [0.3, 0.4) is 0 Å². The fourth-order valence-electron chi connectivity index (χ4n) is 8.09. The van der Waals surface area contributed by atoms with Gasteiger partial charge in [-0.1, -0.05) is 170 Å². The smallest absolute Gasteiger partial charge is 0.0562 e. The third-order valence-corrected chi connectivity index (χ3v) is 10.6. The topological polar surface area (TPSA) is 8.17 Å². The molecule has 0 radical (unpaired) electrons. The largest absolute Gasteiger partial charge is 0.309 e. The van der Waals surface area contributed by atoms with E-state index in [2.05, 4.69) is 228 Å². The van der Waals surface area contributed by atoms with Crippen LogP contribution in [0.1, 0.15) is 0 Å². The van der Waals surface area contributed by atoms with Gasteiger partial charge in [0, 0.05) is 27.6 Å². The van der Waals surface area contributed by atoms with Gasteiger partial charge in [-0.05, 0) is 81.6 Å². The molecule has 10 aromatic rings. The Balaban J connectivity index is 1.25. The van der Waals surface area contributed by atoms with Crippen LogP contribution in [0.2, 0.25) is 0 Å². The van der Waals surface area contributed by atoms with Gasteiger partial charge in [0.15, 0.2) is 0 Å². The van der Waals surface area contributed by atoms with E-state index in [0.29, 0.717) is 0 Å². The summed E-state index contributed by atoms with van der Waals surface area (Å²) < 4.78 is 2.40. The number of para-hydroxylation sites is 4. The van der Waals surface area contributed by atoms with Crippen molar-refractivity contribution in [3.05, 3.63) is 218 Å². The van der Waals surface area contributed by atoms with E-state index in [4.69, 9.17) is 0 Å². The van der Waals surface area contributed by atoms with E-state index < -0.39 is 0 Å². The van der Waals surface area contributed by atoms with Crippen molar-refractivity contribution < 1.29 is 0 Å². The maximum absolute atomic E-state index is 2.50. The van der Waals surface area contributed by atoms with Crippen molar-refractivity contribution in [3.63, 3.8) is 0 Å². The average Bonchev–Trinajstić information content (AvgIpc) is 3.60. The second-order valence-electron chi connectivity index (χ2n) is 13.7. The van der Waals surface area contributed by atoms with E-state index >= 15 is 0 Å². The zero-order valence-corrected chi connectivity index (χ0v) is 29.7. The van der Waals surface area contributed by atoms with Gasteiger partial charge in [0.2, 0.25) is 0 Å². The van der Waals surface area contributed by atoms with Crippen molar-refractivity contribution in [2.45, 2.75) is 0 Å². The standard InChI is InChI=1S/C52H36N2/c1-3-16-37(17-4-1)39-30-33-40(34-31-39)44-22-9-12-25-47(44)54(48-26-13-10-23-45(48)42-35-32-38-18-7-8-19-41(38)36-42)51-29-15-28-50-52(51)46-24-11-14-27-49(46)53(50)43-20-5-2-6-21-43/h1-36H. The zero-order chi connectivity index (χ0) is 35.8. The first-order chi connectivity index (χ1) is 26.8. The lowest BCUT2D eigenvalue weighted by atomic mass is 9.96. The summed E-state index contributed by atoms with van der Waals surface area (Å²) in [7, 11) is 0. The van der Waals surface area contributed by atoms with E-state index in [0.717, 1.165) is 39.4 Å². The number of nitrogens with zero attached hydrogens (tertiary/aromatic N) is 2. The van der Waals surface area contributed by atoms with Gasteiger partial charge in [0.1, 0.15) is 0 Å². The second kappa shape index (κ2) is 13.4. The van der Waals surface area contributed by atoms with Crippen LogP contribution >= 0.6 is 0 Å². The summed E-state index contributed by atoms with van der Waals surface area (Å²) in [4.78, 5) is 2.50. The number of rotatable bonds is 7. The molecule has 9 aromatic carbocycles. The summed E-state index contributed by atoms with van der Waals surface area (Å²) in [5.74, 6) is 0. The highest BCUT2D eigenvalue weighted by Crippen LogP contribution is 2.49. The quantitative estimate of drug-likeness (QED) is 0.162. The van der Waals surface area contributed by atoms with Crippen LogP contribution in [0.5, 0.6) is 0 Å². The van der Waals surface area contributed by atoms with E-state index in [1.54, 1.807) is 0 Å². The molecular weight excluding hydrogens is 653 g/mol. The Hall–Kier alpha value is -7.16. The van der Waals surface area contributed by atoms with Crippen molar-refractivity contribution in [2.24, 2.45) is 0 Å². The monoisotopic (exact) mass is 688 g/mol. The highest BCUT2D eigenvalue weighted by Gasteiger charge is 2.25. The number of anilines is 3. The molecule has 0 unspecified atom stereocenters. The van der Waals surface area contributed by atoms with Crippen LogP contribution in [-0.4, -0.2) is 4.57 Å². The highest BCUT2D eigenvalue weighted by molar-refractivity contribution is 6.17. The Morgan fingerprint density at radius 3 is 1.59 bits per heavy atom. The predicted molar refractivity (Wildman–Crippen MR) is 229 cm³/mol. The Bertz CT molecular complexity index is 2920. The molecule has 0 fully saturated rings. The molecule has 1 aromatic heterocycles. The summed E-state index contributed by atoms with van der Waals surface area (Å²) >= 11 is 0. The van der Waals surface area contributed by atoms with Gasteiger partial charge in [0.25, 0.3) is 0 Å². The molecule has 0 aliphatic carbocycles. The Labute approximate surface area is 315 Å². The van der Waals surface area contributed by atoms with Gasteiger partial charge < -0.3 is 9.47 Å². The van der Waals surface area contributed by atoms with Crippen LogP contribution in [-0.2, 0) is 0 Å². The Morgan fingerprint density at radius 2 is 0.833 bits per heavy atom. The molecule has 0 N–H and O–H groups in total. The summed E-state index contributed by atoms with van der Waals surface area (Å²) in [6.07, 6.45) is 0. The van der Waals surface area contributed by atoms with Gasteiger partial charge in [-0.25, -0.2) is 0 Å². The van der Waals surface area contributed by atoms with E-state index in [1.165, 1.54) is 49.3 Å². The molecule has 0 spiro atoms. The Kier molecular flexibility index (Phi) is 7.85. The molecule has 0 bridgehead atoms. The van der Waals surface area contributed by atoms with Crippen LogP contribution in [0.4, 0.5) is 17.1 Å². The maximum atomic E-state index is 2.50. The molecule has 0 aliphatic rings. The average molecular weight is 689 g/mol. The van der Waals surface area contributed by atoms with E-state index in [9.17, 15) is 0 Å². The normalized spacial score (nSPS) is 11.3. The fourth-order valence-corrected chi connectivity index (χ4v) is 8.09. The number of fused-ring (bicyclic) bond motifs is 4. The molecule has 2 heteroatoms. The molecular formula is C52H36N2. The predicted octanol–water partition coefficient (Wildman–Crippen LogP) is 14.4. The maximum Gasteiger partial charge on any atom is 0.0562 e. The van der Waals surface area contributed by atoms with E-state index in [1.807, 2.05) is 0 Å². The van der Waals surface area contributed by atoms with Gasteiger partial charge in [-0.2, -0.15) is 0 Å². The lowest BCUT2D eigenvalue weighted by molar-refractivity contribution is 1.18. The summed E-state index contributed by atoms with van der Waals surface area (Å²) in [6.45, 7) is 0. The molecule has 0 amide bonds. The lowest BCUT2D eigenvalue weighted by Crippen LogP contribution is -2.13. The van der Waals surface area contributed by atoms with Crippen LogP contribution in [0.25, 0.3) is 71.6 Å². The number of benzene rings is 9. The zero-order valence-electron chi connectivity index (χ0n) is 29.7. The van der Waals surface area contributed by atoms with Crippen LogP contribution < -0.4 is 4.90 Å². The minimum atomic E-state index is 1.11. The van der Waals surface area contributed by atoms with Crippen molar-refractivity contribution in [3.8, 4) is 39.1 Å². The summed E-state index contributed by atoms with van der Waals surface area (Å²) in [6, 6.07) is 79.0. The van der Waals surface area contributed by atoms with Crippen molar-refractivity contribution >= 4 is 49.6 Å². The number of aromatic nitrogens is 1. The minimum Gasteiger partial charge on any atom is -0.309 e. The summed E-state index contributed by atoms with van der Waals surface area (Å²) in [5, 5.41) is 4.88.